The van der Waals surface area contributed by atoms with Crippen LogP contribution in [0.5, 0.6) is 5.75 Å². The minimum Gasteiger partial charge on any atom is -0.489 e. The van der Waals surface area contributed by atoms with Gasteiger partial charge in [-0.05, 0) is 48.4 Å². The number of nitrogens with one attached hydrogen (secondary N) is 2. The van der Waals surface area contributed by atoms with Crippen molar-refractivity contribution < 1.29 is 18.7 Å². The highest BCUT2D eigenvalue weighted by molar-refractivity contribution is 7.99. The Morgan fingerprint density at radius 2 is 1.86 bits per heavy atom. The lowest BCUT2D eigenvalue weighted by molar-refractivity contribution is -0.120. The molecule has 3 amide bonds. The molecule has 0 bridgehead atoms. The van der Waals surface area contributed by atoms with Crippen molar-refractivity contribution in [2.75, 3.05) is 0 Å². The zero-order chi connectivity index (χ0) is 19.5. The van der Waals surface area contributed by atoms with Gasteiger partial charge < -0.3 is 14.5 Å². The van der Waals surface area contributed by atoms with Gasteiger partial charge in [-0.1, -0.05) is 36.0 Å². The maximum absolute atomic E-state index is 11.7. The number of amides is 3. The summed E-state index contributed by atoms with van der Waals surface area (Å²) >= 11 is 1.50. The molecule has 1 aliphatic heterocycles. The van der Waals surface area contributed by atoms with Gasteiger partial charge in [-0.15, -0.1) is 0 Å². The molecule has 7 heteroatoms. The van der Waals surface area contributed by atoms with E-state index in [1.807, 2.05) is 36.4 Å². The van der Waals surface area contributed by atoms with Crippen molar-refractivity contribution in [3.63, 3.8) is 0 Å². The van der Waals surface area contributed by atoms with Crippen LogP contribution in [0.1, 0.15) is 22.9 Å². The molecule has 4 rings (SSSR count). The van der Waals surface area contributed by atoms with Crippen molar-refractivity contribution in [3.05, 3.63) is 77.7 Å². The van der Waals surface area contributed by atoms with Crippen molar-refractivity contribution in [2.24, 2.45) is 0 Å². The molecular weight excluding hydrogens is 376 g/mol. The van der Waals surface area contributed by atoms with E-state index in [0.717, 1.165) is 21.1 Å². The van der Waals surface area contributed by atoms with Crippen LogP contribution in [0.15, 0.2) is 75.1 Å². The van der Waals surface area contributed by atoms with Crippen molar-refractivity contribution in [2.45, 2.75) is 29.4 Å². The predicted molar refractivity (Wildman–Crippen MR) is 104 cm³/mol. The molecule has 0 radical (unpaired) electrons. The molecule has 0 saturated carbocycles. The number of rotatable bonds is 6. The third-order valence-electron chi connectivity index (χ3n) is 4.37. The molecular formula is C21H18N2O4S. The first-order valence-electron chi connectivity index (χ1n) is 8.73. The Kier molecular flexibility index (Phi) is 5.08. The van der Waals surface area contributed by atoms with Crippen LogP contribution in [-0.4, -0.2) is 11.9 Å². The van der Waals surface area contributed by atoms with Gasteiger partial charge in [-0.25, -0.2) is 4.79 Å². The second kappa shape index (κ2) is 7.82. The number of urea groups is 1. The summed E-state index contributed by atoms with van der Waals surface area (Å²) in [6.45, 7) is 2.59. The van der Waals surface area contributed by atoms with E-state index in [4.69, 9.17) is 9.15 Å². The molecule has 1 saturated heterocycles. The van der Waals surface area contributed by atoms with Gasteiger partial charge in [0.15, 0.2) is 6.04 Å². The molecule has 1 aromatic heterocycles. The second-order valence-electron chi connectivity index (χ2n) is 6.37. The van der Waals surface area contributed by atoms with Crippen molar-refractivity contribution in [1.82, 2.24) is 10.6 Å². The standard InChI is InChI=1S/C21H18N2O4S/c1-13-4-2-3-5-14(13)11-26-15-6-8-16(9-7-15)28-17-10-18(27-12-17)19-20(24)23-21(25)22-19/h2-10,12,19H,11H2,1H3,(H2,22,23,24,25). The average molecular weight is 394 g/mol. The molecule has 3 aromatic rings. The summed E-state index contributed by atoms with van der Waals surface area (Å²) in [5, 5.41) is 4.70. The Morgan fingerprint density at radius 3 is 2.57 bits per heavy atom. The fourth-order valence-corrected chi connectivity index (χ4v) is 3.65. The highest BCUT2D eigenvalue weighted by Gasteiger charge is 2.33. The number of furan rings is 1. The average Bonchev–Trinajstić information content (AvgIpc) is 3.28. The smallest absolute Gasteiger partial charge is 0.322 e. The zero-order valence-electron chi connectivity index (χ0n) is 15.1. The van der Waals surface area contributed by atoms with Crippen LogP contribution in [-0.2, 0) is 11.4 Å². The number of carbonyl (C=O) groups is 2. The van der Waals surface area contributed by atoms with Crippen molar-refractivity contribution in [1.29, 1.82) is 0 Å². The summed E-state index contributed by atoms with van der Waals surface area (Å²) in [6.07, 6.45) is 1.57. The van der Waals surface area contributed by atoms with Gasteiger partial charge in [0.05, 0.1) is 4.90 Å². The van der Waals surface area contributed by atoms with Gasteiger partial charge in [-0.2, -0.15) is 0 Å². The first-order valence-corrected chi connectivity index (χ1v) is 9.55. The normalized spacial score (nSPS) is 16.0. The zero-order valence-corrected chi connectivity index (χ0v) is 15.9. The van der Waals surface area contributed by atoms with E-state index in [1.54, 1.807) is 12.3 Å². The van der Waals surface area contributed by atoms with Crippen LogP contribution in [0.4, 0.5) is 4.79 Å². The third-order valence-corrected chi connectivity index (χ3v) is 5.33. The lowest BCUT2D eigenvalue weighted by Crippen LogP contribution is -2.22. The van der Waals surface area contributed by atoms with E-state index >= 15 is 0 Å². The molecule has 1 unspecified atom stereocenters. The van der Waals surface area contributed by atoms with Gasteiger partial charge in [0.25, 0.3) is 5.91 Å². The largest absolute Gasteiger partial charge is 0.489 e. The predicted octanol–water partition coefficient (Wildman–Crippen LogP) is 4.20. The number of imide groups is 1. The fourth-order valence-electron chi connectivity index (χ4n) is 2.83. The van der Waals surface area contributed by atoms with Crippen LogP contribution in [0.3, 0.4) is 0 Å². The third kappa shape index (κ3) is 4.04. The summed E-state index contributed by atoms with van der Waals surface area (Å²) in [6, 6.07) is 16.4. The molecule has 28 heavy (non-hydrogen) atoms. The lowest BCUT2D eigenvalue weighted by atomic mass is 10.1. The van der Waals surface area contributed by atoms with Crippen LogP contribution in [0.2, 0.25) is 0 Å². The molecule has 142 valence electrons. The molecule has 0 spiro atoms. The Bertz CT molecular complexity index is 1010. The molecule has 1 atom stereocenters. The monoisotopic (exact) mass is 394 g/mol. The number of benzene rings is 2. The van der Waals surface area contributed by atoms with Crippen molar-refractivity contribution in [3.8, 4) is 5.75 Å². The Labute approximate surface area is 166 Å². The molecule has 2 heterocycles. The summed E-state index contributed by atoms with van der Waals surface area (Å²) in [5.41, 5.74) is 2.37. The van der Waals surface area contributed by atoms with E-state index in [1.165, 1.54) is 17.3 Å². The van der Waals surface area contributed by atoms with E-state index in [0.29, 0.717) is 12.4 Å². The van der Waals surface area contributed by atoms with Crippen LogP contribution in [0.25, 0.3) is 0 Å². The highest BCUT2D eigenvalue weighted by atomic mass is 32.2. The minimum atomic E-state index is -0.779. The van der Waals surface area contributed by atoms with Crippen molar-refractivity contribution >= 4 is 23.7 Å². The second-order valence-corrected chi connectivity index (χ2v) is 7.52. The Morgan fingerprint density at radius 1 is 1.07 bits per heavy atom. The Hall–Kier alpha value is -3.19. The number of ether oxygens (including phenoxy) is 1. The highest BCUT2D eigenvalue weighted by Crippen LogP contribution is 2.32. The summed E-state index contributed by atoms with van der Waals surface area (Å²) in [7, 11) is 0. The SMILES string of the molecule is Cc1ccccc1COc1ccc(Sc2coc(C3NC(=O)NC3=O)c2)cc1. The molecule has 6 nitrogen and oxygen atoms in total. The van der Waals surface area contributed by atoms with Crippen LogP contribution in [0, 0.1) is 6.92 Å². The van der Waals surface area contributed by atoms with Gasteiger partial charge in [0, 0.05) is 4.90 Å². The van der Waals surface area contributed by atoms with Crippen LogP contribution >= 0.6 is 11.8 Å². The van der Waals surface area contributed by atoms with E-state index < -0.39 is 18.0 Å². The van der Waals surface area contributed by atoms with Gasteiger partial charge >= 0.3 is 6.03 Å². The number of aryl methyl sites for hydroxylation is 1. The summed E-state index contributed by atoms with van der Waals surface area (Å²) in [5.74, 6) is 0.793. The first kappa shape index (κ1) is 18.2. The maximum atomic E-state index is 11.7. The van der Waals surface area contributed by atoms with Gasteiger partial charge in [-0.3, -0.25) is 10.1 Å². The fraction of sp³-hybridized carbons (Fsp3) is 0.143. The van der Waals surface area contributed by atoms with Gasteiger partial charge in [0.1, 0.15) is 24.4 Å². The van der Waals surface area contributed by atoms with Gasteiger partial charge in [0.2, 0.25) is 0 Å². The van der Waals surface area contributed by atoms with Crippen LogP contribution < -0.4 is 15.4 Å². The summed E-state index contributed by atoms with van der Waals surface area (Å²) in [4.78, 5) is 24.8. The quantitative estimate of drug-likeness (QED) is 0.613. The Balaban J connectivity index is 1.36. The number of hydrogen-bond donors (Lipinski definition) is 2. The molecule has 2 aromatic carbocycles. The van der Waals surface area contributed by atoms with E-state index in [-0.39, 0.29) is 0 Å². The molecule has 0 aliphatic carbocycles. The minimum absolute atomic E-state index is 0.407. The molecule has 1 fully saturated rings. The maximum Gasteiger partial charge on any atom is 0.322 e. The molecule has 2 N–H and O–H groups in total. The van der Waals surface area contributed by atoms with E-state index in [2.05, 4.69) is 29.7 Å². The summed E-state index contributed by atoms with van der Waals surface area (Å²) < 4.78 is 11.3. The number of carbonyl (C=O) groups excluding carboxylic acids is 2. The topological polar surface area (TPSA) is 80.6 Å². The number of hydrogen-bond acceptors (Lipinski definition) is 5. The molecule has 1 aliphatic rings. The first-order chi connectivity index (χ1) is 13.6. The van der Waals surface area contributed by atoms with E-state index in [9.17, 15) is 9.59 Å². The lowest BCUT2D eigenvalue weighted by Gasteiger charge is -2.09.